The van der Waals surface area contributed by atoms with Gasteiger partial charge in [0.2, 0.25) is 0 Å². The van der Waals surface area contributed by atoms with E-state index in [-0.39, 0.29) is 0 Å². The van der Waals surface area contributed by atoms with E-state index in [1.807, 2.05) is 0 Å². The number of hydrogen-bond donors (Lipinski definition) is 2. The maximum absolute atomic E-state index is 13.7. The van der Waals surface area contributed by atoms with Crippen LogP contribution in [0, 0.1) is 13.8 Å². The van der Waals surface area contributed by atoms with Crippen molar-refractivity contribution in [1.29, 1.82) is 0 Å². The molecular weight excluding hydrogens is 404 g/mol. The third-order valence-electron chi connectivity index (χ3n) is 6.82. The number of alkyl halides is 2. The van der Waals surface area contributed by atoms with E-state index in [9.17, 15) is 8.78 Å². The van der Waals surface area contributed by atoms with Gasteiger partial charge in [-0.2, -0.15) is 0 Å². The first kappa shape index (κ1) is 23.8. The van der Waals surface area contributed by atoms with Crippen molar-refractivity contribution in [3.05, 3.63) is 77.7 Å². The van der Waals surface area contributed by atoms with Gasteiger partial charge in [-0.1, -0.05) is 31.9 Å². The van der Waals surface area contributed by atoms with Crippen molar-refractivity contribution in [3.63, 3.8) is 0 Å². The molecule has 1 fully saturated rings. The number of nitrogens with zero attached hydrogens (tertiary/aromatic N) is 1. The minimum Gasteiger partial charge on any atom is -0.377 e. The molecule has 0 saturated carbocycles. The molecule has 2 aromatic rings. The van der Waals surface area contributed by atoms with Crippen LogP contribution in [0.25, 0.3) is 16.6 Å². The highest BCUT2D eigenvalue weighted by Gasteiger charge is 2.31. The molecule has 2 atom stereocenters. The highest BCUT2D eigenvalue weighted by atomic mass is 19.3. The van der Waals surface area contributed by atoms with Crippen LogP contribution in [0.4, 0.5) is 8.78 Å². The number of halogens is 2. The van der Waals surface area contributed by atoms with Gasteiger partial charge >= 0.3 is 0 Å². The average Bonchev–Trinajstić information content (AvgIpc) is 3.16. The van der Waals surface area contributed by atoms with Crippen LogP contribution in [0.15, 0.2) is 60.9 Å². The number of aromatic amines is 1. The predicted octanol–water partition coefficient (Wildman–Crippen LogP) is 6.87. The fourth-order valence-electron chi connectivity index (χ4n) is 4.28. The van der Waals surface area contributed by atoms with E-state index in [0.717, 1.165) is 47.8 Å². The highest BCUT2D eigenvalue weighted by molar-refractivity contribution is 5.87. The Bertz CT molecular complexity index is 1080. The largest absolute Gasteiger partial charge is 0.377 e. The molecule has 2 unspecified atom stereocenters. The first-order chi connectivity index (χ1) is 14.9. The van der Waals surface area contributed by atoms with E-state index in [4.69, 9.17) is 0 Å². The number of aryl methyl sites for hydroxylation is 2. The van der Waals surface area contributed by atoms with Gasteiger partial charge < -0.3 is 15.2 Å². The minimum atomic E-state index is -2.84. The lowest BCUT2D eigenvalue weighted by Gasteiger charge is -2.39. The van der Waals surface area contributed by atoms with Crippen LogP contribution in [0.1, 0.15) is 50.4 Å². The zero-order valence-electron chi connectivity index (χ0n) is 19.9. The summed E-state index contributed by atoms with van der Waals surface area (Å²) in [5, 5.41) is 4.07. The molecule has 0 amide bonds. The Kier molecular flexibility index (Phi) is 6.68. The fraction of sp³-hybridized carbons (Fsp3) is 0.407. The number of piperidine rings is 1. The summed E-state index contributed by atoms with van der Waals surface area (Å²) in [6.07, 6.45) is 3.53. The minimum absolute atomic E-state index is 0.312. The van der Waals surface area contributed by atoms with E-state index in [2.05, 4.69) is 73.9 Å². The zero-order valence-corrected chi connectivity index (χ0v) is 19.9. The summed E-state index contributed by atoms with van der Waals surface area (Å²) in [6.45, 7) is 21.8. The second-order valence-electron chi connectivity index (χ2n) is 9.14. The normalized spacial score (nSPS) is 19.6. The quantitative estimate of drug-likeness (QED) is 0.493. The monoisotopic (exact) mass is 439 g/mol. The number of likely N-dealkylation sites (tertiary alicyclic amines) is 1. The summed E-state index contributed by atoms with van der Waals surface area (Å²) in [6, 6.07) is 5.70. The van der Waals surface area contributed by atoms with Crippen LogP contribution < -0.4 is 5.32 Å². The Morgan fingerprint density at radius 2 is 2.00 bits per heavy atom. The van der Waals surface area contributed by atoms with Crippen LogP contribution in [-0.4, -0.2) is 34.4 Å². The summed E-state index contributed by atoms with van der Waals surface area (Å²) >= 11 is 0. The Labute approximate surface area is 190 Å². The Balaban J connectivity index is 1.88. The van der Waals surface area contributed by atoms with Crippen molar-refractivity contribution in [2.75, 3.05) is 6.54 Å². The van der Waals surface area contributed by atoms with Crippen molar-refractivity contribution in [3.8, 4) is 0 Å². The number of fused-ring (bicyclic) bond motifs is 1. The van der Waals surface area contributed by atoms with E-state index >= 15 is 0 Å². The molecule has 2 heterocycles. The van der Waals surface area contributed by atoms with E-state index in [1.165, 1.54) is 23.4 Å². The lowest BCUT2D eigenvalue weighted by atomic mass is 9.92. The molecule has 172 valence electrons. The molecule has 0 bridgehead atoms. The fourth-order valence-corrected chi connectivity index (χ4v) is 4.28. The topological polar surface area (TPSA) is 31.1 Å². The van der Waals surface area contributed by atoms with Gasteiger partial charge in [0, 0.05) is 36.1 Å². The molecule has 32 heavy (non-hydrogen) atoms. The van der Waals surface area contributed by atoms with Crippen LogP contribution in [0.2, 0.25) is 0 Å². The summed E-state index contributed by atoms with van der Waals surface area (Å²) in [5.74, 6) is -2.84. The molecule has 1 aliphatic rings. The lowest BCUT2D eigenvalue weighted by molar-refractivity contribution is -0.00864. The van der Waals surface area contributed by atoms with E-state index < -0.39 is 12.0 Å². The number of rotatable bonds is 7. The third kappa shape index (κ3) is 4.67. The van der Waals surface area contributed by atoms with Gasteiger partial charge in [-0.15, -0.1) is 0 Å². The van der Waals surface area contributed by atoms with Gasteiger partial charge in [-0.05, 0) is 74.9 Å². The van der Waals surface area contributed by atoms with Crippen LogP contribution in [0.5, 0.6) is 0 Å². The first-order valence-electron chi connectivity index (χ1n) is 11.2. The molecule has 0 spiro atoms. The van der Waals surface area contributed by atoms with Crippen LogP contribution in [0.3, 0.4) is 0 Å². The summed E-state index contributed by atoms with van der Waals surface area (Å²) in [7, 11) is 0. The third-order valence-corrected chi connectivity index (χ3v) is 6.82. The van der Waals surface area contributed by atoms with Gasteiger partial charge in [0.15, 0.2) is 0 Å². The van der Waals surface area contributed by atoms with Gasteiger partial charge in [-0.3, -0.25) is 0 Å². The van der Waals surface area contributed by atoms with Crippen LogP contribution >= 0.6 is 0 Å². The van der Waals surface area contributed by atoms with Crippen molar-refractivity contribution in [2.24, 2.45) is 0 Å². The first-order valence-corrected chi connectivity index (χ1v) is 11.2. The SMILES string of the molecule is C=C/C(C(=C)NC(C)C(C)(F)F)=C1\CCC(C)N(C(=C)c2cc3c(C)c(C)ccc3[nH]2)C1. The molecule has 3 nitrogen and oxygen atoms in total. The average molecular weight is 440 g/mol. The molecule has 0 aliphatic carbocycles. The standard InChI is InChI=1S/C27H35F2N3/c1-9-23(19(5)30-21(7)27(8,28)29)22-12-11-17(3)32(15-22)20(6)26-14-24-18(4)16(2)10-13-25(24)31-26/h9-10,13-14,17,21,30-31H,1,5-6,11-12,15H2,2-4,7-8H3/b23-22-. The molecule has 1 saturated heterocycles. The molecule has 3 rings (SSSR count). The number of aromatic nitrogens is 1. The molecule has 1 aromatic carbocycles. The Hall–Kier alpha value is -2.82. The smallest absolute Gasteiger partial charge is 0.264 e. The zero-order chi connectivity index (χ0) is 23.8. The Morgan fingerprint density at radius 1 is 1.31 bits per heavy atom. The Morgan fingerprint density at radius 3 is 2.62 bits per heavy atom. The maximum Gasteiger partial charge on any atom is 0.264 e. The van der Waals surface area contributed by atoms with E-state index in [0.29, 0.717) is 18.3 Å². The number of H-pyrrole nitrogens is 1. The number of benzene rings is 1. The molecule has 1 aromatic heterocycles. The van der Waals surface area contributed by atoms with Gasteiger partial charge in [0.25, 0.3) is 5.92 Å². The van der Waals surface area contributed by atoms with Crippen LogP contribution in [-0.2, 0) is 0 Å². The van der Waals surface area contributed by atoms with Crippen molar-refractivity contribution >= 4 is 16.6 Å². The summed E-state index contributed by atoms with van der Waals surface area (Å²) < 4.78 is 27.3. The van der Waals surface area contributed by atoms with E-state index in [1.54, 1.807) is 6.08 Å². The second-order valence-corrected chi connectivity index (χ2v) is 9.14. The number of nitrogens with one attached hydrogen (secondary N) is 2. The lowest BCUT2D eigenvalue weighted by Crippen LogP contribution is -2.41. The maximum atomic E-state index is 13.7. The van der Waals surface area contributed by atoms with Crippen molar-refractivity contribution in [1.82, 2.24) is 15.2 Å². The highest BCUT2D eigenvalue weighted by Crippen LogP contribution is 2.33. The van der Waals surface area contributed by atoms with Crippen molar-refractivity contribution in [2.45, 2.75) is 65.5 Å². The van der Waals surface area contributed by atoms with Gasteiger partial charge in [0.1, 0.15) is 0 Å². The molecule has 2 N–H and O–H groups in total. The summed E-state index contributed by atoms with van der Waals surface area (Å²) in [5.41, 5.74) is 7.99. The molecule has 0 radical (unpaired) electrons. The van der Waals surface area contributed by atoms with Gasteiger partial charge in [0.05, 0.1) is 17.4 Å². The molecular formula is C27H35F2N3. The predicted molar refractivity (Wildman–Crippen MR) is 132 cm³/mol. The number of allylic oxidation sites excluding steroid dienone is 1. The summed E-state index contributed by atoms with van der Waals surface area (Å²) in [4.78, 5) is 5.79. The van der Waals surface area contributed by atoms with Crippen molar-refractivity contribution < 1.29 is 8.78 Å². The molecule has 1 aliphatic heterocycles. The van der Waals surface area contributed by atoms with Gasteiger partial charge in [-0.25, -0.2) is 8.78 Å². The second kappa shape index (κ2) is 8.97. The number of hydrogen-bond acceptors (Lipinski definition) is 2. The molecule has 5 heteroatoms.